The molecule has 0 spiro atoms. The molecule has 0 aliphatic heterocycles. The number of aryl methyl sites for hydroxylation is 3. The van der Waals surface area contributed by atoms with Crippen molar-refractivity contribution in [2.24, 2.45) is 0 Å². The van der Waals surface area contributed by atoms with Crippen LogP contribution >= 0.6 is 0 Å². The Morgan fingerprint density at radius 1 is 1.04 bits per heavy atom. The molecule has 2 heteroatoms. The first-order valence-electron chi connectivity index (χ1n) is 8.80. The highest BCUT2D eigenvalue weighted by Gasteiger charge is 2.18. The maximum Gasteiger partial charge on any atom is 0.141 e. The van der Waals surface area contributed by atoms with Crippen molar-refractivity contribution in [3.05, 3.63) is 51.9 Å². The van der Waals surface area contributed by atoms with Crippen molar-refractivity contribution in [3.63, 3.8) is 0 Å². The van der Waals surface area contributed by atoms with E-state index < -0.39 is 0 Å². The molecule has 0 atom stereocenters. The van der Waals surface area contributed by atoms with E-state index in [1.807, 2.05) is 0 Å². The molecule has 0 saturated heterocycles. The summed E-state index contributed by atoms with van der Waals surface area (Å²) < 4.78 is 2.34. The molecule has 2 nitrogen and oxygen atoms in total. The zero-order valence-electron chi connectivity index (χ0n) is 16.2. The largest absolute Gasteiger partial charge is 0.296 e. The van der Waals surface area contributed by atoms with Crippen molar-refractivity contribution in [2.75, 3.05) is 0 Å². The first-order chi connectivity index (χ1) is 11.2. The van der Waals surface area contributed by atoms with E-state index in [4.69, 9.17) is 4.98 Å². The van der Waals surface area contributed by atoms with Crippen molar-refractivity contribution in [3.8, 4) is 0 Å². The fraction of sp³-hybridized carbons (Fsp3) is 0.409. The fourth-order valence-electron chi connectivity index (χ4n) is 3.51. The number of allylic oxidation sites excluding steroid dienone is 2. The molecular formula is C22H28N2. The highest BCUT2D eigenvalue weighted by atomic mass is 15.0. The average molecular weight is 320 g/mol. The number of benzene rings is 1. The second-order valence-electron chi connectivity index (χ2n) is 7.50. The van der Waals surface area contributed by atoms with Crippen LogP contribution in [0.4, 0.5) is 0 Å². The van der Waals surface area contributed by atoms with E-state index in [-0.39, 0.29) is 0 Å². The lowest BCUT2D eigenvalue weighted by atomic mass is 9.92. The quantitative estimate of drug-likeness (QED) is 0.538. The minimum absolute atomic E-state index is 0.517. The molecule has 126 valence electrons. The first-order valence-corrected chi connectivity index (χ1v) is 8.80. The molecule has 0 radical (unpaired) electrons. The Morgan fingerprint density at radius 3 is 2.29 bits per heavy atom. The predicted octanol–water partition coefficient (Wildman–Crippen LogP) is 6.35. The molecular weight excluding hydrogens is 292 g/mol. The lowest BCUT2D eigenvalue weighted by molar-refractivity contribution is 0.867. The predicted molar refractivity (Wildman–Crippen MR) is 105 cm³/mol. The van der Waals surface area contributed by atoms with Crippen LogP contribution in [0, 0.1) is 20.8 Å². The number of fused-ring (bicyclic) bond motifs is 3. The molecule has 0 aliphatic rings. The smallest absolute Gasteiger partial charge is 0.141 e. The summed E-state index contributed by atoms with van der Waals surface area (Å²) in [7, 11) is 0. The van der Waals surface area contributed by atoms with Gasteiger partial charge in [-0.1, -0.05) is 31.6 Å². The van der Waals surface area contributed by atoms with E-state index >= 15 is 0 Å². The third kappa shape index (κ3) is 2.36. The van der Waals surface area contributed by atoms with Crippen LogP contribution in [0.15, 0.2) is 23.8 Å². The van der Waals surface area contributed by atoms with Crippen LogP contribution < -0.4 is 0 Å². The van der Waals surface area contributed by atoms with Gasteiger partial charge in [0.15, 0.2) is 0 Å². The normalized spacial score (nSPS) is 11.7. The minimum Gasteiger partial charge on any atom is -0.296 e. The molecule has 1 aromatic carbocycles. The van der Waals surface area contributed by atoms with E-state index in [1.54, 1.807) is 0 Å². The number of aromatic nitrogens is 2. The molecule has 0 aliphatic carbocycles. The summed E-state index contributed by atoms with van der Waals surface area (Å²) >= 11 is 0. The van der Waals surface area contributed by atoms with E-state index in [0.717, 1.165) is 11.3 Å². The second kappa shape index (κ2) is 5.77. The standard InChI is InChI=1S/C22H28N2/c1-12(2)14(5)21-15(6)22-23-16(7)17(8)24(22)20-11-18(13(3)4)9-10-19(20)21/h9-11,13H,1-8H3. The highest BCUT2D eigenvalue weighted by molar-refractivity contribution is 5.97. The van der Waals surface area contributed by atoms with Crippen LogP contribution in [0.2, 0.25) is 0 Å². The third-order valence-electron chi connectivity index (χ3n) is 5.38. The Labute approximate surface area is 145 Å². The zero-order valence-corrected chi connectivity index (χ0v) is 16.2. The van der Waals surface area contributed by atoms with Gasteiger partial charge in [0.2, 0.25) is 0 Å². The maximum atomic E-state index is 4.88. The molecule has 0 N–H and O–H groups in total. The highest BCUT2D eigenvalue weighted by Crippen LogP contribution is 2.35. The van der Waals surface area contributed by atoms with Crippen molar-refractivity contribution in [1.82, 2.24) is 9.38 Å². The summed E-state index contributed by atoms with van der Waals surface area (Å²) in [6.07, 6.45) is 0. The van der Waals surface area contributed by atoms with Crippen LogP contribution in [-0.4, -0.2) is 9.38 Å². The van der Waals surface area contributed by atoms with Gasteiger partial charge in [-0.3, -0.25) is 4.40 Å². The number of hydrogen-bond acceptors (Lipinski definition) is 1. The van der Waals surface area contributed by atoms with Gasteiger partial charge in [0.25, 0.3) is 0 Å². The van der Waals surface area contributed by atoms with Gasteiger partial charge in [0, 0.05) is 16.6 Å². The second-order valence-corrected chi connectivity index (χ2v) is 7.50. The van der Waals surface area contributed by atoms with Gasteiger partial charge in [0.1, 0.15) is 5.65 Å². The van der Waals surface area contributed by atoms with Crippen LogP contribution in [0.3, 0.4) is 0 Å². The molecule has 2 aromatic heterocycles. The monoisotopic (exact) mass is 320 g/mol. The van der Waals surface area contributed by atoms with Crippen molar-refractivity contribution < 1.29 is 0 Å². The Morgan fingerprint density at radius 2 is 1.71 bits per heavy atom. The summed E-state index contributed by atoms with van der Waals surface area (Å²) in [5.41, 5.74) is 11.4. The Balaban J connectivity index is 2.61. The van der Waals surface area contributed by atoms with Gasteiger partial charge in [0.05, 0.1) is 11.2 Å². The molecule has 0 amide bonds. The van der Waals surface area contributed by atoms with E-state index in [9.17, 15) is 0 Å². The molecule has 0 bridgehead atoms. The van der Waals surface area contributed by atoms with E-state index in [0.29, 0.717) is 5.92 Å². The number of imidazole rings is 1. The molecule has 24 heavy (non-hydrogen) atoms. The number of rotatable bonds is 2. The number of nitrogens with zero attached hydrogens (tertiary/aromatic N) is 2. The minimum atomic E-state index is 0.517. The van der Waals surface area contributed by atoms with Crippen LogP contribution in [-0.2, 0) is 0 Å². The van der Waals surface area contributed by atoms with Gasteiger partial charge in [-0.05, 0) is 70.2 Å². The van der Waals surface area contributed by atoms with Crippen LogP contribution in [0.1, 0.15) is 68.6 Å². The zero-order chi connectivity index (χ0) is 17.8. The van der Waals surface area contributed by atoms with Crippen molar-refractivity contribution in [1.29, 1.82) is 0 Å². The summed E-state index contributed by atoms with van der Waals surface area (Å²) in [6.45, 7) is 17.6. The summed E-state index contributed by atoms with van der Waals surface area (Å²) in [6, 6.07) is 6.93. The van der Waals surface area contributed by atoms with Gasteiger partial charge in [-0.25, -0.2) is 4.98 Å². The van der Waals surface area contributed by atoms with Crippen LogP contribution in [0.5, 0.6) is 0 Å². The van der Waals surface area contributed by atoms with Gasteiger partial charge >= 0.3 is 0 Å². The molecule has 3 rings (SSSR count). The number of pyridine rings is 1. The third-order valence-corrected chi connectivity index (χ3v) is 5.38. The van der Waals surface area contributed by atoms with Crippen molar-refractivity contribution in [2.45, 2.75) is 61.3 Å². The number of hydrogen-bond donors (Lipinski definition) is 0. The first kappa shape index (κ1) is 16.8. The molecule has 2 heterocycles. The van der Waals surface area contributed by atoms with E-state index in [2.05, 4.69) is 78.0 Å². The SMILES string of the molecule is CC(C)=C(C)c1c(C)c2nc(C)c(C)n2c2cc(C(C)C)ccc12. The molecule has 3 aromatic rings. The average Bonchev–Trinajstić information content (AvgIpc) is 2.83. The Bertz CT molecular complexity index is 981. The molecule has 0 unspecified atom stereocenters. The topological polar surface area (TPSA) is 17.3 Å². The summed E-state index contributed by atoms with van der Waals surface area (Å²) in [4.78, 5) is 4.88. The summed E-state index contributed by atoms with van der Waals surface area (Å²) in [5, 5.41) is 1.32. The van der Waals surface area contributed by atoms with E-state index in [1.165, 1.54) is 44.4 Å². The fourth-order valence-corrected chi connectivity index (χ4v) is 3.51. The van der Waals surface area contributed by atoms with Gasteiger partial charge in [-0.15, -0.1) is 0 Å². The lowest BCUT2D eigenvalue weighted by Crippen LogP contribution is -2.01. The van der Waals surface area contributed by atoms with Gasteiger partial charge in [-0.2, -0.15) is 0 Å². The molecule has 0 saturated carbocycles. The Kier molecular flexibility index (Phi) is 4.03. The van der Waals surface area contributed by atoms with Gasteiger partial charge < -0.3 is 0 Å². The van der Waals surface area contributed by atoms with Crippen LogP contribution in [0.25, 0.3) is 22.1 Å². The van der Waals surface area contributed by atoms with Crippen molar-refractivity contribution >= 4 is 22.1 Å². The lowest BCUT2D eigenvalue weighted by Gasteiger charge is -2.17. The Hall–Kier alpha value is -2.09. The summed E-state index contributed by atoms with van der Waals surface area (Å²) in [5.74, 6) is 0.517. The molecule has 0 fully saturated rings. The maximum absolute atomic E-state index is 4.88.